The second kappa shape index (κ2) is 8.91. The Kier molecular flexibility index (Phi) is 6.01. The maximum absolute atomic E-state index is 13.5. The van der Waals surface area contributed by atoms with Crippen LogP contribution in [0.2, 0.25) is 10.0 Å². The monoisotopic (exact) mass is 522 g/mol. The molecule has 0 saturated carbocycles. The van der Waals surface area contributed by atoms with Gasteiger partial charge in [-0.05, 0) is 74.2 Å². The molecule has 7 nitrogen and oxygen atoms in total. The maximum Gasteiger partial charge on any atom is 0.338 e. The smallest absolute Gasteiger partial charge is 0.338 e. The zero-order valence-corrected chi connectivity index (χ0v) is 21.8. The summed E-state index contributed by atoms with van der Waals surface area (Å²) < 4.78 is 2.08. The molecule has 1 aliphatic rings. The van der Waals surface area contributed by atoms with Crippen molar-refractivity contribution in [2.45, 2.75) is 40.5 Å². The van der Waals surface area contributed by atoms with Crippen LogP contribution in [-0.2, 0) is 12.8 Å². The first-order valence-electron chi connectivity index (χ1n) is 11.7. The Morgan fingerprint density at radius 1 is 1.00 bits per heavy atom. The molecular weight excluding hydrogens is 499 g/mol. The summed E-state index contributed by atoms with van der Waals surface area (Å²) in [5, 5.41) is 9.69. The molecule has 0 bridgehead atoms. The van der Waals surface area contributed by atoms with Crippen LogP contribution < -0.4 is 4.90 Å². The molecule has 0 radical (unpaired) electrons. The molecule has 1 N–H and O–H groups in total. The molecule has 3 heterocycles. The summed E-state index contributed by atoms with van der Waals surface area (Å²) >= 11 is 12.4. The zero-order valence-electron chi connectivity index (χ0n) is 20.3. The molecule has 4 aromatic rings. The number of amides is 1. The van der Waals surface area contributed by atoms with Crippen LogP contribution >= 0.6 is 23.2 Å². The summed E-state index contributed by atoms with van der Waals surface area (Å²) in [4.78, 5) is 36.6. The van der Waals surface area contributed by atoms with Crippen LogP contribution in [0.3, 0.4) is 0 Å². The second-order valence-electron chi connectivity index (χ2n) is 8.94. The number of aryl methyl sites for hydroxylation is 3. The van der Waals surface area contributed by atoms with E-state index in [1.54, 1.807) is 4.90 Å². The fourth-order valence-corrected chi connectivity index (χ4v) is 5.33. The van der Waals surface area contributed by atoms with E-state index in [9.17, 15) is 14.7 Å². The van der Waals surface area contributed by atoms with E-state index >= 15 is 0 Å². The van der Waals surface area contributed by atoms with Gasteiger partial charge in [-0.2, -0.15) is 0 Å². The fourth-order valence-electron chi connectivity index (χ4n) is 4.86. The molecule has 184 valence electrons. The van der Waals surface area contributed by atoms with E-state index in [4.69, 9.17) is 33.2 Å². The minimum absolute atomic E-state index is 0.0302. The highest BCUT2D eigenvalue weighted by molar-refractivity contribution is 6.39. The van der Waals surface area contributed by atoms with E-state index in [-0.39, 0.29) is 21.2 Å². The predicted octanol–water partition coefficient (Wildman–Crippen LogP) is 6.12. The largest absolute Gasteiger partial charge is 0.478 e. The lowest BCUT2D eigenvalue weighted by Crippen LogP contribution is -2.30. The molecular formula is C27H24Cl2N4O3. The van der Waals surface area contributed by atoms with Crippen molar-refractivity contribution in [3.63, 3.8) is 0 Å². The van der Waals surface area contributed by atoms with Crippen LogP contribution in [-0.4, -0.2) is 38.1 Å². The Morgan fingerprint density at radius 3 is 2.36 bits per heavy atom. The molecule has 0 fully saturated rings. The summed E-state index contributed by atoms with van der Waals surface area (Å²) in [6.45, 7) is 8.60. The minimum atomic E-state index is -1.30. The number of hydrogen-bond donors (Lipinski definition) is 1. The first kappa shape index (κ1) is 24.3. The number of fused-ring (bicyclic) bond motifs is 2. The second-order valence-corrected chi connectivity index (χ2v) is 9.75. The Balaban J connectivity index is 1.60. The van der Waals surface area contributed by atoms with E-state index < -0.39 is 11.9 Å². The van der Waals surface area contributed by atoms with Gasteiger partial charge in [0.05, 0.1) is 21.2 Å². The summed E-state index contributed by atoms with van der Waals surface area (Å²) in [5.41, 5.74) is 7.15. The molecule has 0 atom stereocenters. The molecule has 9 heteroatoms. The molecule has 0 aliphatic carbocycles. The lowest BCUT2D eigenvalue weighted by atomic mass is 10.1. The topological polar surface area (TPSA) is 88.3 Å². The Labute approximate surface area is 218 Å². The van der Waals surface area contributed by atoms with Crippen LogP contribution in [0.1, 0.15) is 55.8 Å². The fraction of sp³-hybridized carbons (Fsp3) is 0.259. The molecule has 2 aromatic heterocycles. The van der Waals surface area contributed by atoms with Gasteiger partial charge in [0.25, 0.3) is 5.91 Å². The van der Waals surface area contributed by atoms with Crippen molar-refractivity contribution in [1.29, 1.82) is 0 Å². The van der Waals surface area contributed by atoms with Gasteiger partial charge >= 0.3 is 5.97 Å². The van der Waals surface area contributed by atoms with E-state index in [2.05, 4.69) is 25.3 Å². The number of aromatic carboxylic acids is 1. The van der Waals surface area contributed by atoms with Crippen LogP contribution in [0.15, 0.2) is 30.3 Å². The molecule has 5 rings (SSSR count). The Bertz CT molecular complexity index is 1590. The molecule has 1 amide bonds. The molecule has 36 heavy (non-hydrogen) atoms. The Hall–Kier alpha value is -3.42. The van der Waals surface area contributed by atoms with Gasteiger partial charge in [0, 0.05) is 30.0 Å². The highest BCUT2D eigenvalue weighted by atomic mass is 35.5. The third kappa shape index (κ3) is 3.65. The number of carbonyl (C=O) groups is 2. The molecule has 0 saturated heterocycles. The SMILES string of the molecule is CCc1nc2c(C)c(C)c(C)nc2n1-c1ccc2c(c1)CCN2C(=O)c1c(Cl)ccc(Cl)c1C(=O)O. The molecule has 0 unspecified atom stereocenters. The number of carbonyl (C=O) groups excluding carboxylic acids is 1. The van der Waals surface area contributed by atoms with E-state index in [0.29, 0.717) is 13.0 Å². The highest BCUT2D eigenvalue weighted by Gasteiger charge is 2.32. The summed E-state index contributed by atoms with van der Waals surface area (Å²) in [6, 6.07) is 8.70. The van der Waals surface area contributed by atoms with Crippen molar-refractivity contribution >= 4 is 51.9 Å². The van der Waals surface area contributed by atoms with Crippen LogP contribution in [0.4, 0.5) is 5.69 Å². The number of anilines is 1. The number of benzene rings is 2. The van der Waals surface area contributed by atoms with Gasteiger partial charge in [-0.25, -0.2) is 14.8 Å². The number of halogens is 2. The molecule has 2 aromatic carbocycles. The molecule has 1 aliphatic heterocycles. The number of nitrogens with zero attached hydrogens (tertiary/aromatic N) is 4. The minimum Gasteiger partial charge on any atom is -0.478 e. The number of carboxylic acid groups (broad SMARTS) is 1. The predicted molar refractivity (Wildman–Crippen MR) is 141 cm³/mol. The average molecular weight is 523 g/mol. The van der Waals surface area contributed by atoms with Gasteiger partial charge < -0.3 is 10.0 Å². The number of rotatable bonds is 4. The standard InChI is InChI=1S/C27H24Cl2N4O3/c1-5-21-31-24-14(3)13(2)15(4)30-25(24)33(21)17-6-9-20-16(12-17)10-11-32(20)26(34)22-18(28)7-8-19(29)23(22)27(35)36/h6-9,12H,5,10-11H2,1-4H3,(H,35,36). The number of carboxylic acids is 1. The van der Waals surface area contributed by atoms with E-state index in [1.807, 2.05) is 25.1 Å². The van der Waals surface area contributed by atoms with Gasteiger partial charge in [-0.1, -0.05) is 30.1 Å². The van der Waals surface area contributed by atoms with Crippen molar-refractivity contribution in [1.82, 2.24) is 14.5 Å². The van der Waals surface area contributed by atoms with Gasteiger partial charge in [0.1, 0.15) is 11.3 Å². The average Bonchev–Trinajstić information content (AvgIpc) is 3.44. The van der Waals surface area contributed by atoms with Gasteiger partial charge in [-0.15, -0.1) is 0 Å². The summed E-state index contributed by atoms with van der Waals surface area (Å²) in [5.74, 6) is -0.876. The number of pyridine rings is 1. The van der Waals surface area contributed by atoms with Gasteiger partial charge in [-0.3, -0.25) is 9.36 Å². The van der Waals surface area contributed by atoms with Crippen LogP contribution in [0.25, 0.3) is 16.9 Å². The van der Waals surface area contributed by atoms with Gasteiger partial charge in [0.15, 0.2) is 5.65 Å². The normalized spacial score (nSPS) is 12.9. The highest BCUT2D eigenvalue weighted by Crippen LogP contribution is 2.36. The van der Waals surface area contributed by atoms with Crippen LogP contribution in [0.5, 0.6) is 0 Å². The van der Waals surface area contributed by atoms with E-state index in [0.717, 1.165) is 57.2 Å². The van der Waals surface area contributed by atoms with Crippen molar-refractivity contribution in [3.8, 4) is 5.69 Å². The van der Waals surface area contributed by atoms with Crippen molar-refractivity contribution in [2.75, 3.05) is 11.4 Å². The van der Waals surface area contributed by atoms with Crippen LogP contribution in [0, 0.1) is 20.8 Å². The van der Waals surface area contributed by atoms with Crippen molar-refractivity contribution in [2.24, 2.45) is 0 Å². The van der Waals surface area contributed by atoms with Gasteiger partial charge in [0.2, 0.25) is 0 Å². The Morgan fingerprint density at radius 2 is 1.69 bits per heavy atom. The number of imidazole rings is 1. The summed E-state index contributed by atoms with van der Waals surface area (Å²) in [7, 11) is 0. The summed E-state index contributed by atoms with van der Waals surface area (Å²) in [6.07, 6.45) is 1.36. The third-order valence-electron chi connectivity index (χ3n) is 6.97. The quantitative estimate of drug-likeness (QED) is 0.349. The maximum atomic E-state index is 13.5. The van der Waals surface area contributed by atoms with Crippen molar-refractivity contribution < 1.29 is 14.7 Å². The number of aromatic nitrogens is 3. The number of hydrogen-bond acceptors (Lipinski definition) is 4. The first-order valence-corrected chi connectivity index (χ1v) is 12.4. The lowest BCUT2D eigenvalue weighted by Gasteiger charge is -2.20. The van der Waals surface area contributed by atoms with E-state index in [1.165, 1.54) is 12.1 Å². The third-order valence-corrected chi connectivity index (χ3v) is 7.60. The lowest BCUT2D eigenvalue weighted by molar-refractivity contribution is 0.0692. The first-order chi connectivity index (χ1) is 17.1. The molecule has 0 spiro atoms. The zero-order chi connectivity index (χ0) is 25.9. The van der Waals surface area contributed by atoms with Crippen molar-refractivity contribution in [3.05, 3.63) is 79.7 Å².